The predicted octanol–water partition coefficient (Wildman–Crippen LogP) is 2.69. The molecule has 0 radical (unpaired) electrons. The normalized spacial score (nSPS) is 23.4. The fraction of sp³-hybridized carbons (Fsp3) is 0.391. The fourth-order valence-electron chi connectivity index (χ4n) is 4.31. The number of amides is 2. The molecule has 2 aliphatic rings. The van der Waals surface area contributed by atoms with Gasteiger partial charge in [-0.15, -0.1) is 0 Å². The summed E-state index contributed by atoms with van der Waals surface area (Å²) >= 11 is 0. The molecule has 0 aromatic heterocycles. The molecule has 2 N–H and O–H groups in total. The van der Waals surface area contributed by atoms with Crippen LogP contribution in [0.25, 0.3) is 11.1 Å². The summed E-state index contributed by atoms with van der Waals surface area (Å²) in [4.78, 5) is 25.9. The Bertz CT molecular complexity index is 911. The third-order valence-electron chi connectivity index (χ3n) is 5.95. The largest absolute Gasteiger partial charge is 0.394 e. The van der Waals surface area contributed by atoms with Crippen molar-refractivity contribution in [2.75, 3.05) is 13.2 Å². The average molecular weight is 396 g/mol. The van der Waals surface area contributed by atoms with E-state index in [1.807, 2.05) is 24.3 Å². The van der Waals surface area contributed by atoms with Gasteiger partial charge in [-0.1, -0.05) is 42.5 Å². The SMILES string of the molecule is CC(=O)NC[C@@H]1[C@@H](c2ccc(-c3ccccc3F)cc2)[C@@H](CO)N1C(=O)C1CC1. The van der Waals surface area contributed by atoms with Gasteiger partial charge in [-0.05, 0) is 30.0 Å². The smallest absolute Gasteiger partial charge is 0.226 e. The highest BCUT2D eigenvalue weighted by Gasteiger charge is 2.53. The van der Waals surface area contributed by atoms with E-state index >= 15 is 0 Å². The number of benzene rings is 2. The summed E-state index contributed by atoms with van der Waals surface area (Å²) in [6, 6.07) is 13.7. The topological polar surface area (TPSA) is 69.6 Å². The molecule has 5 nitrogen and oxygen atoms in total. The van der Waals surface area contributed by atoms with Gasteiger partial charge in [0.1, 0.15) is 5.82 Å². The van der Waals surface area contributed by atoms with Gasteiger partial charge >= 0.3 is 0 Å². The lowest BCUT2D eigenvalue weighted by molar-refractivity contribution is -0.152. The van der Waals surface area contributed by atoms with Crippen molar-refractivity contribution in [2.45, 2.75) is 37.8 Å². The molecule has 3 atom stereocenters. The lowest BCUT2D eigenvalue weighted by Gasteiger charge is -2.55. The van der Waals surface area contributed by atoms with E-state index < -0.39 is 0 Å². The molecule has 29 heavy (non-hydrogen) atoms. The fourth-order valence-corrected chi connectivity index (χ4v) is 4.31. The zero-order valence-corrected chi connectivity index (χ0v) is 16.3. The summed E-state index contributed by atoms with van der Waals surface area (Å²) in [5, 5.41) is 12.8. The second-order valence-corrected chi connectivity index (χ2v) is 7.90. The molecular formula is C23H25FN2O3. The lowest BCUT2D eigenvalue weighted by Crippen LogP contribution is -2.68. The Hall–Kier alpha value is -2.73. The number of aliphatic hydroxyl groups excluding tert-OH is 1. The van der Waals surface area contributed by atoms with Crippen LogP contribution in [0.5, 0.6) is 0 Å². The van der Waals surface area contributed by atoms with Crippen LogP contribution >= 0.6 is 0 Å². The molecule has 2 amide bonds. The molecule has 1 heterocycles. The van der Waals surface area contributed by atoms with Crippen LogP contribution in [0.4, 0.5) is 4.39 Å². The predicted molar refractivity (Wildman–Crippen MR) is 107 cm³/mol. The first kappa shape index (κ1) is 19.6. The zero-order chi connectivity index (χ0) is 20.5. The van der Waals surface area contributed by atoms with Crippen molar-refractivity contribution < 1.29 is 19.1 Å². The molecule has 6 heteroatoms. The van der Waals surface area contributed by atoms with Crippen LogP contribution in [0, 0.1) is 11.7 Å². The Kier molecular flexibility index (Phi) is 5.37. The molecule has 1 aliphatic carbocycles. The number of carbonyl (C=O) groups is 2. The van der Waals surface area contributed by atoms with Crippen molar-refractivity contribution in [1.82, 2.24) is 10.2 Å². The first-order valence-electron chi connectivity index (χ1n) is 10.0. The van der Waals surface area contributed by atoms with Gasteiger partial charge in [-0.3, -0.25) is 9.59 Å². The van der Waals surface area contributed by atoms with E-state index in [1.54, 1.807) is 23.1 Å². The molecule has 1 saturated carbocycles. The van der Waals surface area contributed by atoms with Crippen molar-refractivity contribution in [3.63, 3.8) is 0 Å². The quantitative estimate of drug-likeness (QED) is 0.789. The number of carbonyl (C=O) groups excluding carboxylic acids is 2. The summed E-state index contributed by atoms with van der Waals surface area (Å²) in [5.41, 5.74) is 2.28. The van der Waals surface area contributed by atoms with Crippen LogP contribution in [0.3, 0.4) is 0 Å². The second-order valence-electron chi connectivity index (χ2n) is 7.90. The number of halogens is 1. The van der Waals surface area contributed by atoms with Crippen LogP contribution < -0.4 is 5.32 Å². The van der Waals surface area contributed by atoms with Gasteiger partial charge < -0.3 is 15.3 Å². The van der Waals surface area contributed by atoms with E-state index in [-0.39, 0.29) is 48.2 Å². The van der Waals surface area contributed by atoms with Gasteiger partial charge in [-0.2, -0.15) is 0 Å². The van der Waals surface area contributed by atoms with Crippen LogP contribution in [0.1, 0.15) is 31.2 Å². The van der Waals surface area contributed by atoms with Crippen LogP contribution in [-0.4, -0.2) is 47.1 Å². The maximum Gasteiger partial charge on any atom is 0.226 e. The molecule has 2 fully saturated rings. The maximum absolute atomic E-state index is 14.1. The van der Waals surface area contributed by atoms with Crippen molar-refractivity contribution >= 4 is 11.8 Å². The van der Waals surface area contributed by atoms with Gasteiger partial charge in [-0.25, -0.2) is 4.39 Å². The summed E-state index contributed by atoms with van der Waals surface area (Å²) in [7, 11) is 0. The number of hydrogen-bond acceptors (Lipinski definition) is 3. The minimum Gasteiger partial charge on any atom is -0.394 e. The van der Waals surface area contributed by atoms with Crippen molar-refractivity contribution in [3.8, 4) is 11.1 Å². The first-order chi connectivity index (χ1) is 14.0. The summed E-state index contributed by atoms with van der Waals surface area (Å²) in [6.45, 7) is 1.67. The Labute approximate surface area is 169 Å². The summed E-state index contributed by atoms with van der Waals surface area (Å²) in [6.07, 6.45) is 1.78. The number of aliphatic hydroxyl groups is 1. The van der Waals surface area contributed by atoms with Crippen LogP contribution in [0.2, 0.25) is 0 Å². The Morgan fingerprint density at radius 3 is 2.38 bits per heavy atom. The zero-order valence-electron chi connectivity index (χ0n) is 16.3. The summed E-state index contributed by atoms with van der Waals surface area (Å²) < 4.78 is 14.1. The number of hydrogen-bond donors (Lipinski definition) is 2. The van der Waals surface area contributed by atoms with Gasteiger partial charge in [0, 0.05) is 30.9 Å². The van der Waals surface area contributed by atoms with Crippen LogP contribution in [-0.2, 0) is 9.59 Å². The highest BCUT2D eigenvalue weighted by atomic mass is 19.1. The van der Waals surface area contributed by atoms with E-state index in [0.717, 1.165) is 24.0 Å². The van der Waals surface area contributed by atoms with Crippen molar-refractivity contribution in [2.24, 2.45) is 5.92 Å². The number of nitrogens with zero attached hydrogens (tertiary/aromatic N) is 1. The average Bonchev–Trinajstić information content (AvgIpc) is 3.53. The number of rotatable bonds is 6. The van der Waals surface area contributed by atoms with E-state index in [4.69, 9.17) is 0 Å². The van der Waals surface area contributed by atoms with Crippen LogP contribution in [0.15, 0.2) is 48.5 Å². The molecular weight excluding hydrogens is 371 g/mol. The molecule has 0 spiro atoms. The van der Waals surface area contributed by atoms with Gasteiger partial charge in [0.15, 0.2) is 0 Å². The molecule has 2 aromatic carbocycles. The Balaban J connectivity index is 1.59. The Morgan fingerprint density at radius 1 is 1.10 bits per heavy atom. The van der Waals surface area contributed by atoms with Crippen molar-refractivity contribution in [1.29, 1.82) is 0 Å². The van der Waals surface area contributed by atoms with E-state index in [1.165, 1.54) is 13.0 Å². The molecule has 4 rings (SSSR count). The number of likely N-dealkylation sites (tertiary alicyclic amines) is 1. The highest BCUT2D eigenvalue weighted by molar-refractivity contribution is 5.83. The monoisotopic (exact) mass is 396 g/mol. The minimum atomic E-state index is -0.304. The van der Waals surface area contributed by atoms with E-state index in [9.17, 15) is 19.1 Å². The molecule has 1 saturated heterocycles. The Morgan fingerprint density at radius 2 is 1.79 bits per heavy atom. The standard InChI is InChI=1S/C23H25FN2O3/c1-14(28)25-12-20-22(21(13-27)26(20)23(29)17-10-11-17)16-8-6-15(7-9-16)18-4-2-3-5-19(18)24/h2-9,17,20-22,27H,10-13H2,1H3,(H,25,28)/t20-,21-,22-/m1/s1. The third-order valence-corrected chi connectivity index (χ3v) is 5.95. The van der Waals surface area contributed by atoms with Gasteiger partial charge in [0.25, 0.3) is 0 Å². The first-order valence-corrected chi connectivity index (χ1v) is 10.0. The molecule has 2 aromatic rings. The molecule has 0 bridgehead atoms. The lowest BCUT2D eigenvalue weighted by atomic mass is 9.74. The van der Waals surface area contributed by atoms with E-state index in [2.05, 4.69) is 5.32 Å². The number of nitrogens with one attached hydrogen (secondary N) is 1. The molecule has 152 valence electrons. The second kappa shape index (κ2) is 7.95. The summed E-state index contributed by atoms with van der Waals surface area (Å²) in [5.74, 6) is -0.386. The van der Waals surface area contributed by atoms with E-state index in [0.29, 0.717) is 12.1 Å². The van der Waals surface area contributed by atoms with Crippen molar-refractivity contribution in [3.05, 3.63) is 59.9 Å². The molecule has 1 aliphatic heterocycles. The molecule has 0 unspecified atom stereocenters. The highest BCUT2D eigenvalue weighted by Crippen LogP contribution is 2.44. The van der Waals surface area contributed by atoms with Gasteiger partial charge in [0.2, 0.25) is 11.8 Å². The third kappa shape index (κ3) is 3.77. The maximum atomic E-state index is 14.1. The minimum absolute atomic E-state index is 0.0493. The van der Waals surface area contributed by atoms with Gasteiger partial charge in [0.05, 0.1) is 18.7 Å².